The number of carbonyl (C=O) groups is 1. The molecule has 112 valence electrons. The second kappa shape index (κ2) is 6.68. The molecule has 0 aromatic heterocycles. The lowest BCUT2D eigenvalue weighted by Crippen LogP contribution is -2.57. The lowest BCUT2D eigenvalue weighted by atomic mass is 9.77. The van der Waals surface area contributed by atoms with Gasteiger partial charge in [-0.25, -0.2) is 0 Å². The Morgan fingerprint density at radius 1 is 1.58 bits per heavy atom. The highest BCUT2D eigenvalue weighted by atomic mass is 16.5. The number of hydrogen-bond acceptors (Lipinski definition) is 4. The number of aliphatic hydroxyl groups is 1. The molecule has 0 saturated carbocycles. The Bertz CT molecular complexity index is 303. The fourth-order valence-electron chi connectivity index (χ4n) is 2.45. The molecule has 1 heterocycles. The van der Waals surface area contributed by atoms with Crippen molar-refractivity contribution in [3.05, 3.63) is 0 Å². The van der Waals surface area contributed by atoms with Crippen molar-refractivity contribution < 1.29 is 14.6 Å². The average Bonchev–Trinajstić information content (AvgIpc) is 2.33. The first-order chi connectivity index (χ1) is 8.78. The fraction of sp³-hybridized carbons (Fsp3) is 0.929. The molecule has 2 atom stereocenters. The van der Waals surface area contributed by atoms with Gasteiger partial charge in [0.05, 0.1) is 11.6 Å². The lowest BCUT2D eigenvalue weighted by Gasteiger charge is -2.38. The Labute approximate surface area is 116 Å². The number of carbonyl (C=O) groups excluding carboxylic acids is 1. The van der Waals surface area contributed by atoms with Crippen LogP contribution in [0.2, 0.25) is 0 Å². The van der Waals surface area contributed by atoms with E-state index in [1.807, 2.05) is 0 Å². The fourth-order valence-corrected chi connectivity index (χ4v) is 2.45. The third-order valence-electron chi connectivity index (χ3n) is 3.88. The summed E-state index contributed by atoms with van der Waals surface area (Å²) in [5, 5.41) is 16.2. The van der Waals surface area contributed by atoms with Crippen LogP contribution in [0.4, 0.5) is 0 Å². The Morgan fingerprint density at radius 2 is 2.26 bits per heavy atom. The first-order valence-electron chi connectivity index (χ1n) is 7.01. The van der Waals surface area contributed by atoms with Crippen molar-refractivity contribution in [1.29, 1.82) is 0 Å². The highest BCUT2D eigenvalue weighted by Gasteiger charge is 2.37. The SMILES string of the molecule is COCCC(C)(O)CNC(=O)C1NCCCC1(C)C. The summed E-state index contributed by atoms with van der Waals surface area (Å²) in [5.74, 6) is -0.0256. The number of amides is 1. The molecule has 5 heteroatoms. The number of methoxy groups -OCH3 is 1. The van der Waals surface area contributed by atoms with Crippen molar-refractivity contribution in [3.8, 4) is 0 Å². The van der Waals surface area contributed by atoms with E-state index < -0.39 is 5.60 Å². The van der Waals surface area contributed by atoms with Crippen molar-refractivity contribution in [2.75, 3.05) is 26.8 Å². The largest absolute Gasteiger partial charge is 0.388 e. The van der Waals surface area contributed by atoms with Crippen LogP contribution in [-0.2, 0) is 9.53 Å². The van der Waals surface area contributed by atoms with Gasteiger partial charge >= 0.3 is 0 Å². The van der Waals surface area contributed by atoms with Crippen LogP contribution in [0.25, 0.3) is 0 Å². The maximum absolute atomic E-state index is 12.2. The van der Waals surface area contributed by atoms with Crippen LogP contribution in [0.5, 0.6) is 0 Å². The standard InChI is InChI=1S/C14H28N2O3/c1-13(2)6-5-8-15-11(13)12(17)16-10-14(3,18)7-9-19-4/h11,15,18H,5-10H2,1-4H3,(H,16,17). The predicted octanol–water partition coefficient (Wildman–Crippen LogP) is 0.668. The Kier molecular flexibility index (Phi) is 5.77. The molecular formula is C14H28N2O3. The molecule has 0 aliphatic carbocycles. The third-order valence-corrected chi connectivity index (χ3v) is 3.88. The topological polar surface area (TPSA) is 70.6 Å². The van der Waals surface area contributed by atoms with E-state index in [0.29, 0.717) is 13.0 Å². The van der Waals surface area contributed by atoms with Gasteiger partial charge in [-0.2, -0.15) is 0 Å². The van der Waals surface area contributed by atoms with Crippen molar-refractivity contribution in [1.82, 2.24) is 10.6 Å². The van der Waals surface area contributed by atoms with Gasteiger partial charge in [0.1, 0.15) is 0 Å². The smallest absolute Gasteiger partial charge is 0.237 e. The summed E-state index contributed by atoms with van der Waals surface area (Å²) >= 11 is 0. The molecule has 3 N–H and O–H groups in total. The zero-order chi connectivity index (χ0) is 14.5. The van der Waals surface area contributed by atoms with E-state index in [4.69, 9.17) is 4.74 Å². The summed E-state index contributed by atoms with van der Waals surface area (Å²) in [4.78, 5) is 12.2. The predicted molar refractivity (Wildman–Crippen MR) is 74.9 cm³/mol. The van der Waals surface area contributed by atoms with Gasteiger partial charge in [0.15, 0.2) is 0 Å². The van der Waals surface area contributed by atoms with Gasteiger partial charge in [0.2, 0.25) is 5.91 Å². The molecule has 1 saturated heterocycles. The zero-order valence-electron chi connectivity index (χ0n) is 12.6. The Balaban J connectivity index is 2.46. The van der Waals surface area contributed by atoms with Crippen molar-refractivity contribution in [2.45, 2.75) is 51.7 Å². The monoisotopic (exact) mass is 272 g/mol. The van der Waals surface area contributed by atoms with E-state index in [9.17, 15) is 9.90 Å². The van der Waals surface area contributed by atoms with E-state index in [-0.39, 0.29) is 23.9 Å². The molecule has 0 aromatic rings. The Morgan fingerprint density at radius 3 is 2.84 bits per heavy atom. The summed E-state index contributed by atoms with van der Waals surface area (Å²) in [5.41, 5.74) is -0.967. The van der Waals surface area contributed by atoms with Crippen LogP contribution >= 0.6 is 0 Å². The molecule has 1 aliphatic heterocycles. The molecule has 1 rings (SSSR count). The number of rotatable bonds is 6. The van der Waals surface area contributed by atoms with Crippen LogP contribution < -0.4 is 10.6 Å². The van der Waals surface area contributed by atoms with Crippen molar-refractivity contribution >= 4 is 5.91 Å². The molecule has 0 bridgehead atoms. The van der Waals surface area contributed by atoms with Crippen LogP contribution in [-0.4, -0.2) is 49.5 Å². The van der Waals surface area contributed by atoms with Gasteiger partial charge in [0, 0.05) is 26.7 Å². The Hall–Kier alpha value is -0.650. The quantitative estimate of drug-likeness (QED) is 0.664. The summed E-state index contributed by atoms with van der Waals surface area (Å²) in [6.45, 7) is 7.53. The second-order valence-corrected chi connectivity index (χ2v) is 6.44. The highest BCUT2D eigenvalue weighted by Crippen LogP contribution is 2.30. The molecule has 1 fully saturated rings. The third kappa shape index (κ3) is 5.09. The van der Waals surface area contributed by atoms with Crippen LogP contribution in [0, 0.1) is 5.41 Å². The minimum atomic E-state index is -0.926. The molecule has 19 heavy (non-hydrogen) atoms. The summed E-state index contributed by atoms with van der Waals surface area (Å²) < 4.78 is 4.95. The van der Waals surface area contributed by atoms with Gasteiger partial charge in [-0.05, 0) is 31.7 Å². The summed E-state index contributed by atoms with van der Waals surface area (Å²) in [6.07, 6.45) is 2.64. The van der Waals surface area contributed by atoms with Gasteiger partial charge in [-0.3, -0.25) is 4.79 Å². The molecular weight excluding hydrogens is 244 g/mol. The molecule has 0 spiro atoms. The average molecular weight is 272 g/mol. The second-order valence-electron chi connectivity index (χ2n) is 6.44. The molecule has 0 aromatic carbocycles. The maximum Gasteiger partial charge on any atom is 0.237 e. The van der Waals surface area contributed by atoms with E-state index >= 15 is 0 Å². The van der Waals surface area contributed by atoms with E-state index in [1.54, 1.807) is 14.0 Å². The number of nitrogens with one attached hydrogen (secondary N) is 2. The minimum absolute atomic E-state index is 0.0256. The number of piperidine rings is 1. The number of ether oxygens (including phenoxy) is 1. The number of hydrogen-bond donors (Lipinski definition) is 3. The minimum Gasteiger partial charge on any atom is -0.388 e. The van der Waals surface area contributed by atoms with Gasteiger partial charge in [-0.1, -0.05) is 13.8 Å². The zero-order valence-corrected chi connectivity index (χ0v) is 12.6. The van der Waals surface area contributed by atoms with E-state index in [0.717, 1.165) is 19.4 Å². The summed E-state index contributed by atoms with van der Waals surface area (Å²) in [7, 11) is 1.60. The van der Waals surface area contributed by atoms with E-state index in [2.05, 4.69) is 24.5 Å². The van der Waals surface area contributed by atoms with Gasteiger partial charge in [-0.15, -0.1) is 0 Å². The first-order valence-corrected chi connectivity index (χ1v) is 7.01. The maximum atomic E-state index is 12.2. The molecule has 1 aliphatic rings. The molecule has 5 nitrogen and oxygen atoms in total. The van der Waals surface area contributed by atoms with E-state index in [1.165, 1.54) is 0 Å². The lowest BCUT2D eigenvalue weighted by molar-refractivity contribution is -0.128. The van der Waals surface area contributed by atoms with Crippen molar-refractivity contribution in [3.63, 3.8) is 0 Å². The van der Waals surface area contributed by atoms with Crippen LogP contribution in [0.1, 0.15) is 40.0 Å². The van der Waals surface area contributed by atoms with Gasteiger partial charge in [0.25, 0.3) is 0 Å². The molecule has 0 radical (unpaired) electrons. The molecule has 2 unspecified atom stereocenters. The molecule has 1 amide bonds. The van der Waals surface area contributed by atoms with Gasteiger partial charge < -0.3 is 20.5 Å². The van der Waals surface area contributed by atoms with Crippen LogP contribution in [0.15, 0.2) is 0 Å². The summed E-state index contributed by atoms with van der Waals surface area (Å²) in [6, 6.07) is -0.181. The normalized spacial score (nSPS) is 25.6. The van der Waals surface area contributed by atoms with Crippen LogP contribution in [0.3, 0.4) is 0 Å². The van der Waals surface area contributed by atoms with Crippen molar-refractivity contribution in [2.24, 2.45) is 5.41 Å². The first kappa shape index (κ1) is 16.4. The highest BCUT2D eigenvalue weighted by molar-refractivity contribution is 5.82.